The third-order valence-corrected chi connectivity index (χ3v) is 0.548. The van der Waals surface area contributed by atoms with Crippen LogP contribution in [0.3, 0.4) is 0 Å². The van der Waals surface area contributed by atoms with Gasteiger partial charge in [0.25, 0.3) is 0 Å². The van der Waals surface area contributed by atoms with E-state index in [0.29, 0.717) is 5.57 Å². The molecule has 1 radical (unpaired) electrons. The number of carbonyl (C=O) groups is 1. The summed E-state index contributed by atoms with van der Waals surface area (Å²) in [6.45, 7) is 5.00. The molecule has 0 aromatic rings. The van der Waals surface area contributed by atoms with Crippen molar-refractivity contribution in [3.05, 3.63) is 19.2 Å². The van der Waals surface area contributed by atoms with Gasteiger partial charge < -0.3 is 5.32 Å². The Labute approximate surface area is 43.2 Å². The Hall–Kier alpha value is -0.790. The number of carbonyl (C=O) groups excluding carboxylic acids is 1. The second kappa shape index (κ2) is 2.39. The molecule has 39 valence electrons. The first-order valence-corrected chi connectivity index (χ1v) is 1.91. The molecule has 0 spiro atoms. The highest BCUT2D eigenvalue weighted by Crippen LogP contribution is 1.82. The van der Waals surface area contributed by atoms with Gasteiger partial charge in [0.05, 0.1) is 0 Å². The molecule has 0 heterocycles. The number of hydrogen-bond donors (Lipinski definition) is 1. The summed E-state index contributed by atoms with van der Waals surface area (Å²) in [6.07, 6.45) is 0. The van der Waals surface area contributed by atoms with Gasteiger partial charge in [-0.2, -0.15) is 0 Å². The van der Waals surface area contributed by atoms with Gasteiger partial charge in [0, 0.05) is 12.6 Å². The second-order valence-electron chi connectivity index (χ2n) is 1.29. The Bertz CT molecular complexity index is 96.3. The molecule has 1 N–H and O–H groups in total. The molecule has 0 bridgehead atoms. The van der Waals surface area contributed by atoms with E-state index in [1.807, 2.05) is 0 Å². The van der Waals surface area contributed by atoms with E-state index in [1.165, 1.54) is 0 Å². The minimum atomic E-state index is -0.208. The summed E-state index contributed by atoms with van der Waals surface area (Å²) in [5.41, 5.74) is 0.481. The van der Waals surface area contributed by atoms with Crippen molar-refractivity contribution in [2.75, 3.05) is 0 Å². The number of hydrogen-bond acceptors (Lipinski definition) is 1. The van der Waals surface area contributed by atoms with Crippen molar-refractivity contribution >= 4 is 5.91 Å². The molecular formula is C5H8NO. The fourth-order valence-corrected chi connectivity index (χ4v) is 0.151. The Morgan fingerprint density at radius 3 is 2.14 bits per heavy atom. The lowest BCUT2D eigenvalue weighted by atomic mass is 10.3. The molecule has 0 saturated carbocycles. The van der Waals surface area contributed by atoms with E-state index in [2.05, 4.69) is 18.9 Å². The smallest absolute Gasteiger partial charge is 0.246 e. The lowest BCUT2D eigenvalue weighted by Crippen LogP contribution is -2.15. The summed E-state index contributed by atoms with van der Waals surface area (Å²) >= 11 is 0. The van der Waals surface area contributed by atoms with Crippen LogP contribution < -0.4 is 5.32 Å². The van der Waals surface area contributed by atoms with Gasteiger partial charge in [-0.15, -0.1) is 0 Å². The van der Waals surface area contributed by atoms with Crippen LogP contribution in [-0.4, -0.2) is 5.91 Å². The lowest BCUT2D eigenvalue weighted by molar-refractivity contribution is -0.116. The van der Waals surface area contributed by atoms with Gasteiger partial charge in [0.1, 0.15) is 0 Å². The molecule has 0 fully saturated rings. The van der Waals surface area contributed by atoms with Crippen LogP contribution in [-0.2, 0) is 4.79 Å². The summed E-state index contributed by atoms with van der Waals surface area (Å²) in [5.74, 6) is -0.208. The molecule has 7 heavy (non-hydrogen) atoms. The predicted octanol–water partition coefficient (Wildman–Crippen LogP) is 0.470. The third-order valence-electron chi connectivity index (χ3n) is 0.548. The zero-order valence-electron chi connectivity index (χ0n) is 4.32. The van der Waals surface area contributed by atoms with Crippen molar-refractivity contribution in [2.45, 2.75) is 6.92 Å². The molecule has 0 aliphatic carbocycles. The first-order valence-electron chi connectivity index (χ1n) is 1.91. The van der Waals surface area contributed by atoms with E-state index >= 15 is 0 Å². The number of rotatable bonds is 1. The van der Waals surface area contributed by atoms with Crippen LogP contribution in [0.2, 0.25) is 0 Å². The van der Waals surface area contributed by atoms with Crippen molar-refractivity contribution in [1.82, 2.24) is 5.32 Å². The van der Waals surface area contributed by atoms with Gasteiger partial charge in [-0.05, 0) is 6.92 Å². The monoisotopic (exact) mass is 98.1 g/mol. The summed E-state index contributed by atoms with van der Waals surface area (Å²) in [6, 6.07) is 0. The average molecular weight is 98.1 g/mol. The summed E-state index contributed by atoms with van der Waals surface area (Å²) in [7, 11) is 3.15. The van der Waals surface area contributed by atoms with Crippen LogP contribution in [0.4, 0.5) is 0 Å². The van der Waals surface area contributed by atoms with Gasteiger partial charge in [0.2, 0.25) is 5.91 Å². The molecule has 0 aliphatic heterocycles. The highest BCUT2D eigenvalue weighted by atomic mass is 16.1. The van der Waals surface area contributed by atoms with E-state index in [4.69, 9.17) is 0 Å². The maximum atomic E-state index is 10.2. The molecular weight excluding hydrogens is 90.1 g/mol. The first-order chi connectivity index (χ1) is 3.18. The predicted molar refractivity (Wildman–Crippen MR) is 28.3 cm³/mol. The fraction of sp³-hybridized carbons (Fsp3) is 0.200. The van der Waals surface area contributed by atoms with Crippen LogP contribution in [0.25, 0.3) is 0 Å². The van der Waals surface area contributed by atoms with E-state index in [0.717, 1.165) is 0 Å². The molecule has 0 rings (SSSR count). The van der Waals surface area contributed by atoms with Crippen LogP contribution >= 0.6 is 0 Å². The molecule has 0 aliphatic rings. The SMILES string of the molecule is [CH2]NC(=O)C(=C)C. The van der Waals surface area contributed by atoms with Gasteiger partial charge in [-0.1, -0.05) is 6.58 Å². The highest BCUT2D eigenvalue weighted by molar-refractivity contribution is 5.92. The van der Waals surface area contributed by atoms with Crippen molar-refractivity contribution < 1.29 is 4.79 Å². The van der Waals surface area contributed by atoms with Crippen LogP contribution in [0.5, 0.6) is 0 Å². The molecule has 0 aromatic heterocycles. The highest BCUT2D eigenvalue weighted by Gasteiger charge is 1.92. The number of nitrogens with one attached hydrogen (secondary N) is 1. The molecule has 0 aromatic carbocycles. The quantitative estimate of drug-likeness (QED) is 0.474. The maximum absolute atomic E-state index is 10.2. The standard InChI is InChI=1S/C5H8NO/c1-4(2)5(7)6-3/h1,3H2,2H3,(H,6,7). The Kier molecular flexibility index (Phi) is 2.12. The summed E-state index contributed by atoms with van der Waals surface area (Å²) in [5, 5.41) is 2.18. The minimum Gasteiger partial charge on any atom is -0.351 e. The Morgan fingerprint density at radius 1 is 1.71 bits per heavy atom. The molecule has 1 amide bonds. The lowest BCUT2D eigenvalue weighted by Gasteiger charge is -1.91. The molecule has 2 heteroatoms. The van der Waals surface area contributed by atoms with Crippen LogP contribution in [0.15, 0.2) is 12.2 Å². The van der Waals surface area contributed by atoms with Crippen LogP contribution in [0.1, 0.15) is 6.92 Å². The first kappa shape index (κ1) is 6.21. The summed E-state index contributed by atoms with van der Waals surface area (Å²) in [4.78, 5) is 10.2. The maximum Gasteiger partial charge on any atom is 0.246 e. The van der Waals surface area contributed by atoms with Crippen molar-refractivity contribution in [2.24, 2.45) is 0 Å². The largest absolute Gasteiger partial charge is 0.351 e. The van der Waals surface area contributed by atoms with Gasteiger partial charge >= 0.3 is 0 Å². The Morgan fingerprint density at radius 2 is 2.14 bits per heavy atom. The molecule has 0 atom stereocenters. The van der Waals surface area contributed by atoms with E-state index in [9.17, 15) is 4.79 Å². The molecule has 2 nitrogen and oxygen atoms in total. The Balaban J connectivity index is 3.58. The van der Waals surface area contributed by atoms with Gasteiger partial charge in [-0.3, -0.25) is 4.79 Å². The molecule has 0 saturated heterocycles. The topological polar surface area (TPSA) is 29.1 Å². The van der Waals surface area contributed by atoms with Gasteiger partial charge in [-0.25, -0.2) is 0 Å². The fourth-order valence-electron chi connectivity index (χ4n) is 0.151. The average Bonchev–Trinajstić information content (AvgIpc) is 1.65. The molecule has 0 unspecified atom stereocenters. The zero-order chi connectivity index (χ0) is 5.86. The van der Waals surface area contributed by atoms with Crippen molar-refractivity contribution in [3.8, 4) is 0 Å². The van der Waals surface area contributed by atoms with E-state index < -0.39 is 0 Å². The second-order valence-corrected chi connectivity index (χ2v) is 1.29. The minimum absolute atomic E-state index is 0.208. The van der Waals surface area contributed by atoms with Crippen molar-refractivity contribution in [1.29, 1.82) is 0 Å². The van der Waals surface area contributed by atoms with E-state index in [1.54, 1.807) is 6.92 Å². The third kappa shape index (κ3) is 1.98. The van der Waals surface area contributed by atoms with E-state index in [-0.39, 0.29) is 5.91 Å². The normalized spacial score (nSPS) is 7.71. The summed E-state index contributed by atoms with van der Waals surface area (Å²) < 4.78 is 0. The zero-order valence-corrected chi connectivity index (χ0v) is 4.32. The van der Waals surface area contributed by atoms with Crippen molar-refractivity contribution in [3.63, 3.8) is 0 Å². The van der Waals surface area contributed by atoms with Gasteiger partial charge in [0.15, 0.2) is 0 Å². The number of amides is 1. The van der Waals surface area contributed by atoms with Crippen LogP contribution in [0, 0.1) is 7.05 Å².